The molecular weight excluding hydrogens is 228 g/mol. The molecule has 2 rings (SSSR count). The molecule has 1 fully saturated rings. The van der Waals surface area contributed by atoms with Crippen molar-refractivity contribution in [1.29, 1.82) is 0 Å². The molecule has 1 atom stereocenters. The molecule has 1 saturated carbocycles. The lowest BCUT2D eigenvalue weighted by Crippen LogP contribution is -2.41. The number of aromatic nitrogens is 2. The molecule has 1 unspecified atom stereocenters. The molecule has 0 spiro atoms. The Hall–Kier alpha value is -1.36. The van der Waals surface area contributed by atoms with Crippen LogP contribution in [0.1, 0.15) is 55.2 Å². The van der Waals surface area contributed by atoms with Gasteiger partial charge in [-0.15, -0.1) is 0 Å². The van der Waals surface area contributed by atoms with Gasteiger partial charge in [-0.1, -0.05) is 13.8 Å². The highest BCUT2D eigenvalue weighted by Crippen LogP contribution is 2.38. The molecule has 5 heteroatoms. The number of H-pyrrole nitrogens is 1. The van der Waals surface area contributed by atoms with Gasteiger partial charge in [0, 0.05) is 24.2 Å². The molecule has 100 valence electrons. The molecule has 0 radical (unpaired) electrons. The van der Waals surface area contributed by atoms with Crippen LogP contribution in [0.25, 0.3) is 0 Å². The van der Waals surface area contributed by atoms with Crippen LogP contribution < -0.4 is 11.1 Å². The van der Waals surface area contributed by atoms with Crippen LogP contribution in [0.15, 0.2) is 6.07 Å². The van der Waals surface area contributed by atoms with Gasteiger partial charge in [-0.3, -0.25) is 9.89 Å². The molecule has 18 heavy (non-hydrogen) atoms. The molecule has 4 N–H and O–H groups in total. The molecule has 1 aromatic rings. The van der Waals surface area contributed by atoms with Gasteiger partial charge in [0.15, 0.2) is 0 Å². The van der Waals surface area contributed by atoms with Crippen LogP contribution in [0.2, 0.25) is 0 Å². The van der Waals surface area contributed by atoms with Gasteiger partial charge in [0.25, 0.3) is 5.91 Å². The van der Waals surface area contributed by atoms with E-state index >= 15 is 0 Å². The Morgan fingerprint density at radius 2 is 2.33 bits per heavy atom. The Balaban J connectivity index is 1.92. The lowest BCUT2D eigenvalue weighted by atomic mass is 10.0. The van der Waals surface area contributed by atoms with Gasteiger partial charge in [0.05, 0.1) is 0 Å². The summed E-state index contributed by atoms with van der Waals surface area (Å²) in [6.07, 6.45) is 3.28. The Bertz CT molecular complexity index is 409. The maximum absolute atomic E-state index is 12.0. The molecule has 0 saturated heterocycles. The summed E-state index contributed by atoms with van der Waals surface area (Å²) < 4.78 is 0. The number of hydrogen-bond acceptors (Lipinski definition) is 3. The van der Waals surface area contributed by atoms with E-state index in [1.165, 1.54) is 12.8 Å². The average molecular weight is 250 g/mol. The van der Waals surface area contributed by atoms with Crippen LogP contribution in [-0.2, 0) is 0 Å². The number of hydrogen-bond donors (Lipinski definition) is 3. The third kappa shape index (κ3) is 3.32. The topological polar surface area (TPSA) is 83.8 Å². The smallest absolute Gasteiger partial charge is 0.272 e. The van der Waals surface area contributed by atoms with Crippen molar-refractivity contribution >= 4 is 5.91 Å². The second kappa shape index (κ2) is 5.52. The number of carbonyl (C=O) groups is 1. The van der Waals surface area contributed by atoms with Gasteiger partial charge in [0.1, 0.15) is 5.69 Å². The summed E-state index contributed by atoms with van der Waals surface area (Å²) in [6, 6.07) is 1.88. The molecule has 1 aromatic heterocycles. The highest BCUT2D eigenvalue weighted by atomic mass is 16.2. The third-order valence-corrected chi connectivity index (χ3v) is 3.22. The fourth-order valence-corrected chi connectivity index (χ4v) is 2.10. The number of rotatable bonds is 6. The number of amides is 1. The highest BCUT2D eigenvalue weighted by Gasteiger charge is 2.26. The van der Waals surface area contributed by atoms with Crippen LogP contribution in [0, 0.1) is 5.92 Å². The SMILES string of the molecule is CC(C)CC(CN)NC(=O)c1cc(C2CC2)[nH]n1. The van der Waals surface area contributed by atoms with Gasteiger partial charge in [0.2, 0.25) is 0 Å². The minimum atomic E-state index is -0.130. The summed E-state index contributed by atoms with van der Waals surface area (Å²) in [7, 11) is 0. The van der Waals surface area contributed by atoms with E-state index in [0.717, 1.165) is 12.1 Å². The predicted octanol–water partition coefficient (Wildman–Crippen LogP) is 1.39. The van der Waals surface area contributed by atoms with E-state index < -0.39 is 0 Å². The van der Waals surface area contributed by atoms with Crippen molar-refractivity contribution in [3.8, 4) is 0 Å². The van der Waals surface area contributed by atoms with Gasteiger partial charge in [-0.2, -0.15) is 5.10 Å². The fourth-order valence-electron chi connectivity index (χ4n) is 2.10. The molecule has 1 aliphatic rings. The first-order chi connectivity index (χ1) is 8.60. The van der Waals surface area contributed by atoms with Crippen molar-refractivity contribution in [3.63, 3.8) is 0 Å². The van der Waals surface area contributed by atoms with Crippen molar-refractivity contribution in [3.05, 3.63) is 17.5 Å². The first-order valence-corrected chi connectivity index (χ1v) is 6.66. The van der Waals surface area contributed by atoms with Crippen LogP contribution in [-0.4, -0.2) is 28.7 Å². The Kier molecular flexibility index (Phi) is 4.01. The van der Waals surface area contributed by atoms with Crippen LogP contribution in [0.5, 0.6) is 0 Å². The van der Waals surface area contributed by atoms with E-state index in [2.05, 4.69) is 29.4 Å². The Labute approximate surface area is 108 Å². The summed E-state index contributed by atoms with van der Waals surface area (Å²) in [5.41, 5.74) is 7.22. The van der Waals surface area contributed by atoms with E-state index in [4.69, 9.17) is 5.73 Å². The number of aromatic amines is 1. The molecule has 1 aliphatic carbocycles. The van der Waals surface area contributed by atoms with Crippen molar-refractivity contribution in [2.75, 3.05) is 6.54 Å². The molecule has 1 amide bonds. The highest BCUT2D eigenvalue weighted by molar-refractivity contribution is 5.92. The van der Waals surface area contributed by atoms with Crippen LogP contribution in [0.4, 0.5) is 0 Å². The number of nitrogens with zero attached hydrogens (tertiary/aromatic N) is 1. The van der Waals surface area contributed by atoms with Crippen molar-refractivity contribution in [2.45, 2.75) is 45.1 Å². The second-order valence-corrected chi connectivity index (χ2v) is 5.52. The number of nitrogens with one attached hydrogen (secondary N) is 2. The Morgan fingerprint density at radius 3 is 2.89 bits per heavy atom. The quantitative estimate of drug-likeness (QED) is 0.713. The zero-order chi connectivity index (χ0) is 13.1. The van der Waals surface area contributed by atoms with Gasteiger partial charge < -0.3 is 11.1 Å². The zero-order valence-electron chi connectivity index (χ0n) is 11.1. The number of nitrogens with two attached hydrogens (primary N) is 1. The van der Waals surface area contributed by atoms with Crippen molar-refractivity contribution in [2.24, 2.45) is 11.7 Å². The zero-order valence-corrected chi connectivity index (χ0v) is 11.1. The largest absolute Gasteiger partial charge is 0.347 e. The predicted molar refractivity (Wildman–Crippen MR) is 70.3 cm³/mol. The van der Waals surface area contributed by atoms with E-state index in [0.29, 0.717) is 24.1 Å². The van der Waals surface area contributed by atoms with Gasteiger partial charge in [-0.05, 0) is 31.2 Å². The lowest BCUT2D eigenvalue weighted by molar-refractivity contribution is 0.0928. The minimum Gasteiger partial charge on any atom is -0.347 e. The first kappa shape index (κ1) is 13.1. The summed E-state index contributed by atoms with van der Waals surface area (Å²) in [5.74, 6) is 0.967. The van der Waals surface area contributed by atoms with Gasteiger partial charge in [-0.25, -0.2) is 0 Å². The maximum Gasteiger partial charge on any atom is 0.272 e. The summed E-state index contributed by atoms with van der Waals surface area (Å²) >= 11 is 0. The van der Waals surface area contributed by atoms with E-state index in [9.17, 15) is 4.79 Å². The van der Waals surface area contributed by atoms with Gasteiger partial charge >= 0.3 is 0 Å². The maximum atomic E-state index is 12.0. The van der Waals surface area contributed by atoms with Crippen molar-refractivity contribution in [1.82, 2.24) is 15.5 Å². The third-order valence-electron chi connectivity index (χ3n) is 3.22. The molecule has 1 heterocycles. The normalized spacial score (nSPS) is 16.9. The Morgan fingerprint density at radius 1 is 1.61 bits per heavy atom. The standard InChI is InChI=1S/C13H22N4O/c1-8(2)5-10(7-14)15-13(18)12-6-11(16-17-12)9-3-4-9/h6,8-10H,3-5,7,14H2,1-2H3,(H,15,18)(H,16,17). The summed E-state index contributed by atoms with van der Waals surface area (Å²) in [4.78, 5) is 12.0. The molecular formula is C13H22N4O. The molecule has 5 nitrogen and oxygen atoms in total. The lowest BCUT2D eigenvalue weighted by Gasteiger charge is -2.17. The fraction of sp³-hybridized carbons (Fsp3) is 0.692. The summed E-state index contributed by atoms with van der Waals surface area (Å²) in [5, 5.41) is 9.95. The second-order valence-electron chi connectivity index (χ2n) is 5.52. The van der Waals surface area contributed by atoms with E-state index in [1.54, 1.807) is 0 Å². The number of carbonyl (C=O) groups excluding carboxylic acids is 1. The molecule has 0 bridgehead atoms. The summed E-state index contributed by atoms with van der Waals surface area (Å²) in [6.45, 7) is 4.70. The monoisotopic (exact) mass is 250 g/mol. The minimum absolute atomic E-state index is 0.0265. The average Bonchev–Trinajstić information content (AvgIpc) is 3.05. The van der Waals surface area contributed by atoms with E-state index in [1.807, 2.05) is 6.07 Å². The molecule has 0 aromatic carbocycles. The first-order valence-electron chi connectivity index (χ1n) is 6.66. The van der Waals surface area contributed by atoms with Crippen LogP contribution in [0.3, 0.4) is 0 Å². The van der Waals surface area contributed by atoms with E-state index in [-0.39, 0.29) is 11.9 Å². The molecule has 0 aliphatic heterocycles. The van der Waals surface area contributed by atoms with Crippen LogP contribution >= 0.6 is 0 Å². The van der Waals surface area contributed by atoms with Crippen molar-refractivity contribution < 1.29 is 4.79 Å².